The van der Waals surface area contributed by atoms with Crippen LogP contribution in [0.15, 0.2) is 72.9 Å². The Bertz CT molecular complexity index is 1360. The third-order valence-electron chi connectivity index (χ3n) is 6.85. The van der Waals surface area contributed by atoms with Crippen LogP contribution in [0, 0.1) is 5.82 Å². The normalized spacial score (nSPS) is 15.9. The molecule has 1 N–H and O–H groups in total. The number of benzene rings is 2. The molecule has 1 fully saturated rings. The number of hydrogen-bond donors (Lipinski definition) is 1. The van der Waals surface area contributed by atoms with Crippen molar-refractivity contribution in [3.05, 3.63) is 101 Å². The Morgan fingerprint density at radius 1 is 0.949 bits per heavy atom. The van der Waals surface area contributed by atoms with Crippen molar-refractivity contribution < 1.29 is 37.1 Å². The van der Waals surface area contributed by atoms with Crippen LogP contribution in [0.2, 0.25) is 0 Å². The van der Waals surface area contributed by atoms with Crippen molar-refractivity contribution in [3.8, 4) is 0 Å². The quantitative estimate of drug-likeness (QED) is 0.487. The first-order chi connectivity index (χ1) is 18.5. The zero-order chi connectivity index (χ0) is 28.2. The number of piperidine rings is 1. The smallest absolute Gasteiger partial charge is 0.475 e. The molecule has 1 saturated heterocycles. The predicted octanol–water partition coefficient (Wildman–Crippen LogP) is 4.57. The average molecular weight is 544 g/mol. The molecule has 0 bridgehead atoms. The fourth-order valence-electron chi connectivity index (χ4n) is 4.97. The summed E-state index contributed by atoms with van der Waals surface area (Å²) in [4.78, 5) is 43.4. The average Bonchev–Trinajstić information content (AvgIpc) is 3.12. The Morgan fingerprint density at radius 3 is 2.21 bits per heavy atom. The van der Waals surface area contributed by atoms with Gasteiger partial charge in [-0.1, -0.05) is 42.5 Å². The van der Waals surface area contributed by atoms with Crippen molar-refractivity contribution in [2.45, 2.75) is 37.5 Å². The molecule has 3 heterocycles. The first-order valence-electron chi connectivity index (χ1n) is 12.1. The van der Waals surface area contributed by atoms with Crippen molar-refractivity contribution in [1.29, 1.82) is 0 Å². The molecule has 1 spiro atoms. The number of rotatable bonds is 4. The van der Waals surface area contributed by atoms with Gasteiger partial charge in [-0.25, -0.2) is 9.18 Å². The molecule has 7 nitrogen and oxygen atoms in total. The second-order valence-electron chi connectivity index (χ2n) is 9.30. The minimum Gasteiger partial charge on any atom is -0.475 e. The number of alkyl halides is 3. The van der Waals surface area contributed by atoms with Crippen LogP contribution in [0.4, 0.5) is 17.6 Å². The minimum atomic E-state index is -5.08. The fourth-order valence-corrected chi connectivity index (χ4v) is 4.97. The molecule has 0 radical (unpaired) electrons. The minimum absolute atomic E-state index is 0.0820. The van der Waals surface area contributed by atoms with Crippen molar-refractivity contribution in [3.63, 3.8) is 0 Å². The number of halogens is 4. The highest BCUT2D eigenvalue weighted by Gasteiger charge is 2.52. The number of carbonyl (C=O) groups is 3. The van der Waals surface area contributed by atoms with E-state index < -0.39 is 17.7 Å². The van der Waals surface area contributed by atoms with Gasteiger partial charge in [-0.05, 0) is 48.2 Å². The molecule has 0 saturated carbocycles. The Morgan fingerprint density at radius 2 is 1.59 bits per heavy atom. The number of carbonyl (C=O) groups excluding carboxylic acids is 2. The lowest BCUT2D eigenvalue weighted by Crippen LogP contribution is -2.52. The Hall–Kier alpha value is -4.28. The molecule has 39 heavy (non-hydrogen) atoms. The summed E-state index contributed by atoms with van der Waals surface area (Å²) in [6.45, 7) is 1.41. The van der Waals surface area contributed by atoms with Crippen LogP contribution < -0.4 is 0 Å². The number of aliphatic carboxylic acids is 1. The summed E-state index contributed by atoms with van der Waals surface area (Å²) in [5, 5.41) is 7.12. The standard InChI is InChI=1S/C26H24FN3O2.C2HF3O2/c27-21-9-4-8-20(16-21)18-30-25(32)22-10-5-13-28-24(22)26(30)11-14-29(15-12-26)23(31)17-19-6-2-1-3-7-19;3-2(4,5)1(6)7/h1-10,13,16H,11-12,14-15,17-18H2;(H,6,7). The van der Waals surface area contributed by atoms with Crippen LogP contribution in [-0.2, 0) is 28.1 Å². The molecule has 0 atom stereocenters. The molecular formula is C28H25F4N3O4. The number of pyridine rings is 1. The SMILES string of the molecule is O=C(Cc1ccccc1)N1CCC2(CC1)c1ncccc1C(=O)N2Cc1cccc(F)c1.O=C(O)C(F)(F)F. The van der Waals surface area contributed by atoms with Crippen LogP contribution in [-0.4, -0.2) is 56.9 Å². The van der Waals surface area contributed by atoms with E-state index in [9.17, 15) is 27.2 Å². The van der Waals surface area contributed by atoms with Crippen molar-refractivity contribution in [2.75, 3.05) is 13.1 Å². The summed E-state index contributed by atoms with van der Waals surface area (Å²) < 4.78 is 45.5. The van der Waals surface area contributed by atoms with Crippen LogP contribution in [0.25, 0.3) is 0 Å². The summed E-state index contributed by atoms with van der Waals surface area (Å²) in [6, 6.07) is 19.7. The van der Waals surface area contributed by atoms with E-state index in [0.29, 0.717) is 44.5 Å². The van der Waals surface area contributed by atoms with Crippen LogP contribution in [0.3, 0.4) is 0 Å². The van der Waals surface area contributed by atoms with E-state index in [-0.39, 0.29) is 17.6 Å². The van der Waals surface area contributed by atoms with Gasteiger partial charge in [-0.15, -0.1) is 0 Å². The molecule has 11 heteroatoms. The highest BCUT2D eigenvalue weighted by molar-refractivity contribution is 5.99. The molecule has 5 rings (SSSR count). The Kier molecular flexibility index (Phi) is 7.98. The van der Waals surface area contributed by atoms with Crippen molar-refractivity contribution >= 4 is 17.8 Å². The van der Waals surface area contributed by atoms with Gasteiger partial charge in [0, 0.05) is 25.8 Å². The third-order valence-corrected chi connectivity index (χ3v) is 6.85. The topological polar surface area (TPSA) is 90.8 Å². The zero-order valence-electron chi connectivity index (χ0n) is 20.7. The van der Waals surface area contributed by atoms with E-state index in [0.717, 1.165) is 16.8 Å². The first kappa shape index (κ1) is 27.7. The summed E-state index contributed by atoms with van der Waals surface area (Å²) in [7, 11) is 0. The molecule has 2 amide bonds. The third kappa shape index (κ3) is 6.08. The summed E-state index contributed by atoms with van der Waals surface area (Å²) in [5.41, 5.74) is 2.54. The van der Waals surface area contributed by atoms with E-state index in [1.54, 1.807) is 18.3 Å². The second kappa shape index (κ2) is 11.2. The lowest BCUT2D eigenvalue weighted by atomic mass is 9.83. The van der Waals surface area contributed by atoms with Gasteiger partial charge < -0.3 is 14.9 Å². The van der Waals surface area contributed by atoms with Gasteiger partial charge in [-0.3, -0.25) is 14.6 Å². The van der Waals surface area contributed by atoms with Gasteiger partial charge >= 0.3 is 12.1 Å². The van der Waals surface area contributed by atoms with Crippen LogP contribution >= 0.6 is 0 Å². The molecule has 3 aromatic rings. The molecule has 2 aliphatic rings. The highest BCUT2D eigenvalue weighted by atomic mass is 19.4. The molecule has 0 aliphatic carbocycles. The van der Waals surface area contributed by atoms with Crippen molar-refractivity contribution in [1.82, 2.24) is 14.8 Å². The van der Waals surface area contributed by atoms with E-state index in [2.05, 4.69) is 4.98 Å². The summed E-state index contributed by atoms with van der Waals surface area (Å²) in [5.74, 6) is -3.07. The predicted molar refractivity (Wildman–Crippen MR) is 132 cm³/mol. The lowest BCUT2D eigenvalue weighted by Gasteiger charge is -2.44. The van der Waals surface area contributed by atoms with Crippen molar-refractivity contribution in [2.24, 2.45) is 0 Å². The number of hydrogen-bond acceptors (Lipinski definition) is 4. The first-order valence-corrected chi connectivity index (χ1v) is 12.1. The van der Waals surface area contributed by atoms with Gasteiger partial charge in [-0.2, -0.15) is 13.2 Å². The Balaban J connectivity index is 0.000000448. The molecule has 204 valence electrons. The fraction of sp³-hybridized carbons (Fsp3) is 0.286. The summed E-state index contributed by atoms with van der Waals surface area (Å²) >= 11 is 0. The van der Waals surface area contributed by atoms with Gasteiger partial charge in [0.25, 0.3) is 5.91 Å². The molecule has 0 unspecified atom stereocenters. The molecule has 1 aromatic heterocycles. The van der Waals surface area contributed by atoms with Gasteiger partial charge in [0.15, 0.2) is 0 Å². The van der Waals surface area contributed by atoms with E-state index >= 15 is 0 Å². The number of fused-ring (bicyclic) bond motifs is 2. The molecular weight excluding hydrogens is 518 g/mol. The van der Waals surface area contributed by atoms with E-state index in [4.69, 9.17) is 9.90 Å². The van der Waals surface area contributed by atoms with Gasteiger partial charge in [0.05, 0.1) is 23.2 Å². The molecule has 2 aliphatic heterocycles. The lowest BCUT2D eigenvalue weighted by molar-refractivity contribution is -0.192. The Labute approximate surface area is 221 Å². The maximum absolute atomic E-state index is 13.8. The van der Waals surface area contributed by atoms with E-state index in [1.165, 1.54) is 12.1 Å². The van der Waals surface area contributed by atoms with E-state index in [1.807, 2.05) is 52.3 Å². The van der Waals surface area contributed by atoms with Gasteiger partial charge in [0.2, 0.25) is 5.91 Å². The molecule has 2 aromatic carbocycles. The number of aromatic nitrogens is 1. The zero-order valence-corrected chi connectivity index (χ0v) is 20.7. The number of carboxylic acids is 1. The number of nitrogens with zero attached hydrogens (tertiary/aromatic N) is 3. The van der Waals surface area contributed by atoms with Gasteiger partial charge in [0.1, 0.15) is 5.82 Å². The number of amides is 2. The second-order valence-corrected chi connectivity index (χ2v) is 9.30. The maximum atomic E-state index is 13.8. The number of likely N-dealkylation sites (tertiary alicyclic amines) is 1. The monoisotopic (exact) mass is 543 g/mol. The van der Waals surface area contributed by atoms with Crippen LogP contribution in [0.5, 0.6) is 0 Å². The number of carboxylic acid groups (broad SMARTS) is 1. The highest BCUT2D eigenvalue weighted by Crippen LogP contribution is 2.46. The largest absolute Gasteiger partial charge is 0.490 e. The summed E-state index contributed by atoms with van der Waals surface area (Å²) in [6.07, 6.45) is -1.78. The van der Waals surface area contributed by atoms with Crippen LogP contribution in [0.1, 0.15) is 40.0 Å². The maximum Gasteiger partial charge on any atom is 0.490 e.